The fourth-order valence-electron chi connectivity index (χ4n) is 4.93. The number of benzene rings is 3. The molecule has 1 amide bonds. The molecular weight excluding hydrogens is 506 g/mol. The van der Waals surface area contributed by atoms with Crippen LogP contribution in [0.4, 0.5) is 5.13 Å². The number of likely N-dealkylation sites (tertiary alicyclic amines) is 1. The van der Waals surface area contributed by atoms with Crippen LogP contribution < -0.4 is 15.0 Å². The van der Waals surface area contributed by atoms with Gasteiger partial charge in [0.25, 0.3) is 0 Å². The zero-order valence-electron chi connectivity index (χ0n) is 22.3. The predicted octanol–water partition coefficient (Wildman–Crippen LogP) is 4.92. The molecule has 8 heteroatoms. The lowest BCUT2D eigenvalue weighted by molar-refractivity contribution is -0.120. The van der Waals surface area contributed by atoms with Gasteiger partial charge in [0.2, 0.25) is 11.0 Å². The number of nitrogens with one attached hydrogen (secondary N) is 1. The second-order valence-electron chi connectivity index (χ2n) is 9.97. The normalized spacial score (nSPS) is 14.2. The average molecular weight is 542 g/mol. The second kappa shape index (κ2) is 13.4. The summed E-state index contributed by atoms with van der Waals surface area (Å²) in [5, 5.41) is 4.04. The topological polar surface area (TPSA) is 70.6 Å². The lowest BCUT2D eigenvalue weighted by Gasteiger charge is -2.33. The van der Waals surface area contributed by atoms with E-state index in [1.807, 2.05) is 47.4 Å². The fourth-order valence-corrected chi connectivity index (χ4v) is 5.61. The Morgan fingerprint density at radius 1 is 0.974 bits per heavy atom. The van der Waals surface area contributed by atoms with Crippen LogP contribution in [0.2, 0.25) is 0 Å². The largest absolute Gasteiger partial charge is 0.497 e. The average Bonchev–Trinajstić information content (AvgIpc) is 3.43. The first kappa shape index (κ1) is 26.8. The Hall–Kier alpha value is -3.75. The summed E-state index contributed by atoms with van der Waals surface area (Å²) in [4.78, 5) is 22.5. The van der Waals surface area contributed by atoms with Crippen LogP contribution in [-0.4, -0.2) is 53.0 Å². The predicted molar refractivity (Wildman–Crippen MR) is 156 cm³/mol. The Morgan fingerprint density at radius 3 is 2.38 bits per heavy atom. The standard InChI is InChI=1S/C31H35N5O2S/c1-38-28-14-8-13-26(19-28)20-29-33-31(39-34-29)36(22-25-11-6-3-7-12-25)23-30(37)32-27-15-17-35(18-16-27)21-24-9-4-2-5-10-24/h2-14,19,27H,15-18,20-23H2,1H3,(H,32,37). The second-order valence-corrected chi connectivity index (χ2v) is 10.7. The minimum atomic E-state index is 0.0250. The molecule has 0 spiro atoms. The van der Waals surface area contributed by atoms with E-state index in [-0.39, 0.29) is 18.5 Å². The molecule has 0 atom stereocenters. The molecule has 1 N–H and O–H groups in total. The zero-order chi connectivity index (χ0) is 26.9. The van der Waals surface area contributed by atoms with E-state index in [4.69, 9.17) is 9.72 Å². The van der Waals surface area contributed by atoms with Gasteiger partial charge in [-0.15, -0.1) is 0 Å². The van der Waals surface area contributed by atoms with Crippen LogP contribution in [-0.2, 0) is 24.3 Å². The molecule has 202 valence electrons. The number of aromatic nitrogens is 2. The first-order chi connectivity index (χ1) is 19.1. The van der Waals surface area contributed by atoms with Gasteiger partial charge >= 0.3 is 0 Å². The first-order valence-corrected chi connectivity index (χ1v) is 14.2. The molecular formula is C31H35N5O2S. The summed E-state index contributed by atoms with van der Waals surface area (Å²) in [6, 6.07) is 28.9. The number of hydrogen-bond acceptors (Lipinski definition) is 7. The Bertz CT molecular complexity index is 1320. The molecule has 1 fully saturated rings. The lowest BCUT2D eigenvalue weighted by Crippen LogP contribution is -2.47. The monoisotopic (exact) mass is 541 g/mol. The Balaban J connectivity index is 1.19. The zero-order valence-corrected chi connectivity index (χ0v) is 23.1. The summed E-state index contributed by atoms with van der Waals surface area (Å²) >= 11 is 1.34. The summed E-state index contributed by atoms with van der Waals surface area (Å²) < 4.78 is 9.95. The van der Waals surface area contributed by atoms with Gasteiger partial charge in [-0.1, -0.05) is 72.8 Å². The van der Waals surface area contributed by atoms with Gasteiger partial charge in [0.1, 0.15) is 11.6 Å². The Labute approximate surface area is 234 Å². The molecule has 39 heavy (non-hydrogen) atoms. The van der Waals surface area contributed by atoms with Gasteiger partial charge < -0.3 is 15.0 Å². The van der Waals surface area contributed by atoms with Crippen LogP contribution in [0.1, 0.15) is 35.4 Å². The van der Waals surface area contributed by atoms with E-state index in [9.17, 15) is 4.79 Å². The molecule has 1 aliphatic rings. The SMILES string of the molecule is COc1cccc(Cc2nsc(N(CC(=O)NC3CCN(Cc4ccccc4)CC3)Cc3ccccc3)n2)c1. The van der Waals surface area contributed by atoms with E-state index >= 15 is 0 Å². The van der Waals surface area contributed by atoms with E-state index < -0.39 is 0 Å². The molecule has 0 saturated carbocycles. The van der Waals surface area contributed by atoms with Crippen molar-refractivity contribution in [2.75, 3.05) is 31.6 Å². The van der Waals surface area contributed by atoms with Crippen molar-refractivity contribution in [3.05, 3.63) is 107 Å². The lowest BCUT2D eigenvalue weighted by atomic mass is 10.0. The maximum atomic E-state index is 13.2. The molecule has 1 aliphatic heterocycles. The van der Waals surface area contributed by atoms with Crippen LogP contribution in [0.25, 0.3) is 0 Å². The highest BCUT2D eigenvalue weighted by Crippen LogP contribution is 2.23. The number of amides is 1. The third-order valence-corrected chi connectivity index (χ3v) is 7.79. The number of hydrogen-bond donors (Lipinski definition) is 1. The van der Waals surface area contributed by atoms with Gasteiger partial charge in [-0.3, -0.25) is 9.69 Å². The summed E-state index contributed by atoms with van der Waals surface area (Å²) in [6.07, 6.45) is 2.53. The highest BCUT2D eigenvalue weighted by molar-refractivity contribution is 7.09. The van der Waals surface area contributed by atoms with Crippen molar-refractivity contribution in [3.63, 3.8) is 0 Å². The number of piperidine rings is 1. The molecule has 0 aliphatic carbocycles. The van der Waals surface area contributed by atoms with Crippen molar-refractivity contribution in [2.45, 2.75) is 38.4 Å². The molecule has 1 saturated heterocycles. The molecule has 0 bridgehead atoms. The molecule has 0 radical (unpaired) electrons. The molecule has 7 nitrogen and oxygen atoms in total. The summed E-state index contributed by atoms with van der Waals surface area (Å²) in [6.45, 7) is 3.77. The maximum Gasteiger partial charge on any atom is 0.239 e. The van der Waals surface area contributed by atoms with Gasteiger partial charge in [-0.25, -0.2) is 4.98 Å². The number of carbonyl (C=O) groups is 1. The van der Waals surface area contributed by atoms with Crippen molar-refractivity contribution in [1.29, 1.82) is 0 Å². The van der Waals surface area contributed by atoms with Crippen LogP contribution in [0.15, 0.2) is 84.9 Å². The van der Waals surface area contributed by atoms with Crippen LogP contribution in [0.5, 0.6) is 5.75 Å². The van der Waals surface area contributed by atoms with Crippen LogP contribution in [0.3, 0.4) is 0 Å². The van der Waals surface area contributed by atoms with Gasteiger partial charge in [0.05, 0.1) is 13.7 Å². The van der Waals surface area contributed by atoms with E-state index in [2.05, 4.69) is 57.1 Å². The van der Waals surface area contributed by atoms with Crippen molar-refractivity contribution in [2.24, 2.45) is 0 Å². The summed E-state index contributed by atoms with van der Waals surface area (Å²) in [7, 11) is 1.67. The van der Waals surface area contributed by atoms with Crippen molar-refractivity contribution in [1.82, 2.24) is 19.6 Å². The van der Waals surface area contributed by atoms with Gasteiger partial charge in [0, 0.05) is 50.2 Å². The molecule has 0 unspecified atom stereocenters. The number of ether oxygens (including phenoxy) is 1. The highest BCUT2D eigenvalue weighted by atomic mass is 32.1. The van der Waals surface area contributed by atoms with E-state index in [1.165, 1.54) is 17.1 Å². The smallest absolute Gasteiger partial charge is 0.239 e. The van der Waals surface area contributed by atoms with Crippen molar-refractivity contribution >= 4 is 22.6 Å². The third kappa shape index (κ3) is 7.88. The van der Waals surface area contributed by atoms with Crippen LogP contribution in [0, 0.1) is 0 Å². The number of methoxy groups -OCH3 is 1. The van der Waals surface area contributed by atoms with E-state index in [0.717, 1.165) is 60.3 Å². The quantitative estimate of drug-likeness (QED) is 0.291. The van der Waals surface area contributed by atoms with Crippen molar-refractivity contribution in [3.8, 4) is 5.75 Å². The molecule has 2 heterocycles. The fraction of sp³-hybridized carbons (Fsp3) is 0.323. The van der Waals surface area contributed by atoms with Gasteiger partial charge in [-0.05, 0) is 41.7 Å². The summed E-state index contributed by atoms with van der Waals surface area (Å²) in [5.74, 6) is 1.58. The highest BCUT2D eigenvalue weighted by Gasteiger charge is 2.23. The third-order valence-electron chi connectivity index (χ3n) is 6.98. The van der Waals surface area contributed by atoms with Gasteiger partial charge in [0.15, 0.2) is 0 Å². The van der Waals surface area contributed by atoms with Crippen molar-refractivity contribution < 1.29 is 9.53 Å². The minimum absolute atomic E-state index is 0.0250. The first-order valence-electron chi connectivity index (χ1n) is 13.4. The minimum Gasteiger partial charge on any atom is -0.497 e. The molecule has 4 aromatic rings. The molecule has 3 aromatic carbocycles. The number of nitrogens with zero attached hydrogens (tertiary/aromatic N) is 4. The Morgan fingerprint density at radius 2 is 1.67 bits per heavy atom. The Kier molecular flexibility index (Phi) is 9.19. The molecule has 5 rings (SSSR count). The van der Waals surface area contributed by atoms with Crippen LogP contribution >= 0.6 is 11.5 Å². The number of rotatable bonds is 11. The van der Waals surface area contributed by atoms with E-state index in [0.29, 0.717) is 13.0 Å². The summed E-state index contributed by atoms with van der Waals surface area (Å²) in [5.41, 5.74) is 3.55. The number of anilines is 1. The maximum absolute atomic E-state index is 13.2. The molecule has 1 aromatic heterocycles. The van der Waals surface area contributed by atoms with E-state index in [1.54, 1.807) is 7.11 Å². The number of carbonyl (C=O) groups excluding carboxylic acids is 1. The van der Waals surface area contributed by atoms with Gasteiger partial charge in [-0.2, -0.15) is 4.37 Å².